The summed E-state index contributed by atoms with van der Waals surface area (Å²) >= 11 is 7.14. The summed E-state index contributed by atoms with van der Waals surface area (Å²) in [5, 5.41) is 2.98. The highest BCUT2D eigenvalue weighted by Crippen LogP contribution is 2.43. The van der Waals surface area contributed by atoms with Gasteiger partial charge >= 0.3 is 0 Å². The van der Waals surface area contributed by atoms with Crippen molar-refractivity contribution in [2.45, 2.75) is 27.4 Å². The predicted octanol–water partition coefficient (Wildman–Crippen LogP) is 7.21. The number of ether oxygens (including phenoxy) is 1. The molecule has 3 nitrogen and oxygen atoms in total. The fourth-order valence-electron chi connectivity index (χ4n) is 3.80. The minimum Gasteiger partial charge on any atom is -0.488 e. The summed E-state index contributed by atoms with van der Waals surface area (Å²) in [6.45, 7) is 6.62. The quantitative estimate of drug-likeness (QED) is 0.365. The van der Waals surface area contributed by atoms with Gasteiger partial charge in [0.1, 0.15) is 12.4 Å². The van der Waals surface area contributed by atoms with Gasteiger partial charge in [0.25, 0.3) is 5.91 Å². The molecule has 5 heteroatoms. The molecule has 3 aromatic carbocycles. The van der Waals surface area contributed by atoms with Crippen molar-refractivity contribution in [1.82, 2.24) is 0 Å². The maximum atomic E-state index is 12.7. The van der Waals surface area contributed by atoms with Crippen LogP contribution in [0.5, 0.6) is 5.75 Å². The third kappa shape index (κ3) is 3.96. The van der Waals surface area contributed by atoms with Crippen LogP contribution in [0.25, 0.3) is 11.6 Å². The lowest BCUT2D eigenvalue weighted by molar-refractivity contribution is -0.110. The number of aryl methyl sites for hydroxylation is 2. The van der Waals surface area contributed by atoms with Gasteiger partial charge in [-0.15, -0.1) is 0 Å². The monoisotopic (exact) mass is 525 g/mol. The molecule has 1 aliphatic rings. The van der Waals surface area contributed by atoms with E-state index in [1.807, 2.05) is 51.1 Å². The zero-order valence-corrected chi connectivity index (χ0v) is 20.1. The molecule has 30 heavy (non-hydrogen) atoms. The first-order valence-electron chi connectivity index (χ1n) is 9.65. The number of rotatable bonds is 4. The largest absolute Gasteiger partial charge is 0.488 e. The average molecular weight is 527 g/mol. The van der Waals surface area contributed by atoms with E-state index in [2.05, 4.69) is 61.4 Å². The van der Waals surface area contributed by atoms with Crippen molar-refractivity contribution in [2.24, 2.45) is 0 Å². The molecule has 0 bridgehead atoms. The summed E-state index contributed by atoms with van der Waals surface area (Å²) in [5.41, 5.74) is 7.66. The number of anilines is 1. The number of hydrogen-bond donors (Lipinski definition) is 1. The molecule has 1 aliphatic heterocycles. The van der Waals surface area contributed by atoms with E-state index >= 15 is 0 Å². The second kappa shape index (κ2) is 8.40. The topological polar surface area (TPSA) is 38.3 Å². The van der Waals surface area contributed by atoms with Crippen molar-refractivity contribution < 1.29 is 9.53 Å². The zero-order chi connectivity index (χ0) is 21.4. The second-order valence-electron chi connectivity index (χ2n) is 7.49. The minimum atomic E-state index is -0.0911. The highest BCUT2D eigenvalue weighted by Gasteiger charge is 2.29. The first kappa shape index (κ1) is 20.9. The number of carbonyl (C=O) groups is 1. The molecule has 3 aromatic rings. The summed E-state index contributed by atoms with van der Waals surface area (Å²) in [6, 6.07) is 16.2. The standard InChI is InChI=1S/C25H21Br2NO2/c1-14-9-18(10-15(2)24(14)30-13-17-7-5-4-6-8-17)11-19-22-16(3)20(26)12-21(27)23(22)28-25(19)29/h4-12H,13H2,1-3H3,(H,28,29). The lowest BCUT2D eigenvalue weighted by atomic mass is 9.98. The lowest BCUT2D eigenvalue weighted by Crippen LogP contribution is -2.04. The van der Waals surface area contributed by atoms with Crippen LogP contribution >= 0.6 is 31.9 Å². The minimum absolute atomic E-state index is 0.0911. The Hall–Kier alpha value is -2.37. The smallest absolute Gasteiger partial charge is 0.256 e. The highest BCUT2D eigenvalue weighted by atomic mass is 79.9. The van der Waals surface area contributed by atoms with Gasteiger partial charge in [-0.05, 0) is 88.8 Å². The van der Waals surface area contributed by atoms with E-state index in [0.29, 0.717) is 12.2 Å². The number of fused-ring (bicyclic) bond motifs is 1. The van der Waals surface area contributed by atoms with Crippen LogP contribution in [-0.2, 0) is 11.4 Å². The molecule has 0 atom stereocenters. The number of halogens is 2. The van der Waals surface area contributed by atoms with Gasteiger partial charge in [0.15, 0.2) is 0 Å². The Morgan fingerprint density at radius 1 is 0.967 bits per heavy atom. The van der Waals surface area contributed by atoms with Crippen molar-refractivity contribution in [3.63, 3.8) is 0 Å². The summed E-state index contributed by atoms with van der Waals surface area (Å²) in [4.78, 5) is 12.7. The van der Waals surface area contributed by atoms with E-state index in [-0.39, 0.29) is 5.91 Å². The average Bonchev–Trinajstić information content (AvgIpc) is 3.03. The van der Waals surface area contributed by atoms with Gasteiger partial charge in [0.05, 0.1) is 5.69 Å². The van der Waals surface area contributed by atoms with Crippen LogP contribution in [0.3, 0.4) is 0 Å². The molecule has 0 fully saturated rings. The molecular formula is C25H21Br2NO2. The highest BCUT2D eigenvalue weighted by molar-refractivity contribution is 9.11. The molecule has 1 amide bonds. The fourth-order valence-corrected chi connectivity index (χ4v) is 5.06. The third-order valence-corrected chi connectivity index (χ3v) is 6.70. The lowest BCUT2D eigenvalue weighted by Gasteiger charge is -2.14. The van der Waals surface area contributed by atoms with Crippen molar-refractivity contribution in [3.8, 4) is 5.75 Å². The SMILES string of the molecule is Cc1cc(C=C2C(=O)Nc3c(Br)cc(Br)c(C)c32)cc(C)c1OCc1ccccc1. The van der Waals surface area contributed by atoms with Gasteiger partial charge in [0, 0.05) is 20.1 Å². The number of nitrogens with one attached hydrogen (secondary N) is 1. The molecule has 152 valence electrons. The van der Waals surface area contributed by atoms with E-state index in [9.17, 15) is 4.79 Å². The van der Waals surface area contributed by atoms with Crippen LogP contribution in [0.15, 0.2) is 57.5 Å². The fraction of sp³-hybridized carbons (Fsp3) is 0.160. The second-order valence-corrected chi connectivity index (χ2v) is 9.19. The molecule has 0 saturated carbocycles. The van der Waals surface area contributed by atoms with Crippen molar-refractivity contribution in [1.29, 1.82) is 0 Å². The van der Waals surface area contributed by atoms with E-state index in [1.54, 1.807) is 0 Å². The number of benzene rings is 3. The molecule has 0 radical (unpaired) electrons. The van der Waals surface area contributed by atoms with Crippen LogP contribution in [0, 0.1) is 20.8 Å². The Morgan fingerprint density at radius 2 is 1.63 bits per heavy atom. The zero-order valence-electron chi connectivity index (χ0n) is 17.0. The van der Waals surface area contributed by atoms with Crippen LogP contribution in [-0.4, -0.2) is 5.91 Å². The van der Waals surface area contributed by atoms with Gasteiger partial charge < -0.3 is 10.1 Å². The van der Waals surface area contributed by atoms with Gasteiger partial charge in [-0.2, -0.15) is 0 Å². The molecule has 0 saturated heterocycles. The van der Waals surface area contributed by atoms with E-state index in [4.69, 9.17) is 4.74 Å². The first-order valence-corrected chi connectivity index (χ1v) is 11.2. The predicted molar refractivity (Wildman–Crippen MR) is 130 cm³/mol. The third-order valence-electron chi connectivity index (χ3n) is 5.25. The van der Waals surface area contributed by atoms with E-state index in [0.717, 1.165) is 53.8 Å². The number of amides is 1. The van der Waals surface area contributed by atoms with Gasteiger partial charge in [-0.3, -0.25) is 4.79 Å². The Kier molecular flexibility index (Phi) is 5.85. The molecule has 0 aliphatic carbocycles. The van der Waals surface area contributed by atoms with Gasteiger partial charge in [-0.25, -0.2) is 0 Å². The normalized spacial score (nSPS) is 14.0. The Labute approximate surface area is 193 Å². The Morgan fingerprint density at radius 3 is 2.30 bits per heavy atom. The van der Waals surface area contributed by atoms with Crippen LogP contribution in [0.1, 0.15) is 33.4 Å². The van der Waals surface area contributed by atoms with Gasteiger partial charge in [0.2, 0.25) is 0 Å². The van der Waals surface area contributed by atoms with Crippen LogP contribution in [0.2, 0.25) is 0 Å². The molecule has 4 rings (SSSR count). The number of hydrogen-bond acceptors (Lipinski definition) is 2. The summed E-state index contributed by atoms with van der Waals surface area (Å²) < 4.78 is 7.92. The molecule has 1 heterocycles. The van der Waals surface area contributed by atoms with Gasteiger partial charge in [-0.1, -0.05) is 46.3 Å². The summed E-state index contributed by atoms with van der Waals surface area (Å²) in [6.07, 6.45) is 1.95. The maximum absolute atomic E-state index is 12.7. The molecule has 0 spiro atoms. The Balaban J connectivity index is 1.68. The van der Waals surface area contributed by atoms with Crippen LogP contribution < -0.4 is 10.1 Å². The van der Waals surface area contributed by atoms with Crippen molar-refractivity contribution >= 4 is 55.1 Å². The summed E-state index contributed by atoms with van der Waals surface area (Å²) in [5.74, 6) is 0.797. The molecular weight excluding hydrogens is 506 g/mol. The van der Waals surface area contributed by atoms with E-state index < -0.39 is 0 Å². The van der Waals surface area contributed by atoms with Crippen molar-refractivity contribution in [3.05, 3.63) is 90.9 Å². The van der Waals surface area contributed by atoms with Crippen molar-refractivity contribution in [2.75, 3.05) is 5.32 Å². The molecule has 1 N–H and O–H groups in total. The van der Waals surface area contributed by atoms with Crippen LogP contribution in [0.4, 0.5) is 5.69 Å². The number of carbonyl (C=O) groups excluding carboxylic acids is 1. The van der Waals surface area contributed by atoms with E-state index in [1.165, 1.54) is 0 Å². The molecule has 0 unspecified atom stereocenters. The molecule has 0 aromatic heterocycles. The maximum Gasteiger partial charge on any atom is 0.256 e. The summed E-state index contributed by atoms with van der Waals surface area (Å²) in [7, 11) is 0. The first-order chi connectivity index (χ1) is 14.3. The Bertz CT molecular complexity index is 1160.